The normalized spacial score (nSPS) is 16.6. The van der Waals surface area contributed by atoms with Gasteiger partial charge in [0.1, 0.15) is 0 Å². The Bertz CT molecular complexity index is 245. The second-order valence-corrected chi connectivity index (χ2v) is 5.89. The minimum Gasteiger partial charge on any atom is -0.382 e. The summed E-state index contributed by atoms with van der Waals surface area (Å²) in [5, 5.41) is 0. The highest BCUT2D eigenvalue weighted by molar-refractivity contribution is 4.79. The lowest BCUT2D eigenvalue weighted by atomic mass is 9.90. The summed E-state index contributed by atoms with van der Waals surface area (Å²) in [6.45, 7) is 9.90. The Balaban J connectivity index is 1.66. The molecule has 1 aliphatic heterocycles. The summed E-state index contributed by atoms with van der Waals surface area (Å²) in [4.78, 5) is 0. The minimum atomic E-state index is 0.251. The maximum Gasteiger partial charge on any atom is 0.0701 e. The van der Waals surface area contributed by atoms with Gasteiger partial charge in [-0.25, -0.2) is 0 Å². The molecule has 0 spiro atoms. The van der Waals surface area contributed by atoms with E-state index in [1.807, 2.05) is 0 Å². The quantitative estimate of drug-likeness (QED) is 0.402. The largest absolute Gasteiger partial charge is 0.382 e. The molecule has 1 rings (SSSR count). The molecule has 132 valence electrons. The Morgan fingerprint density at radius 3 is 1.73 bits per heavy atom. The highest BCUT2D eigenvalue weighted by Gasteiger charge is 2.33. The molecule has 0 aromatic rings. The summed E-state index contributed by atoms with van der Waals surface area (Å²) in [7, 11) is 1.66. The summed E-state index contributed by atoms with van der Waals surface area (Å²) < 4.78 is 31.9. The number of ether oxygens (including phenoxy) is 6. The van der Waals surface area contributed by atoms with E-state index in [1.165, 1.54) is 0 Å². The predicted molar refractivity (Wildman–Crippen MR) is 83.3 cm³/mol. The van der Waals surface area contributed by atoms with Crippen LogP contribution >= 0.6 is 0 Å². The van der Waals surface area contributed by atoms with Crippen molar-refractivity contribution in [1.82, 2.24) is 0 Å². The van der Waals surface area contributed by atoms with Crippen molar-refractivity contribution in [2.45, 2.75) is 19.8 Å². The zero-order valence-electron chi connectivity index (χ0n) is 14.1. The topological polar surface area (TPSA) is 55.4 Å². The number of hydrogen-bond acceptors (Lipinski definition) is 6. The van der Waals surface area contributed by atoms with Crippen LogP contribution in [0.15, 0.2) is 0 Å². The first-order valence-corrected chi connectivity index (χ1v) is 8.14. The average Bonchev–Trinajstić information content (AvgIpc) is 2.49. The molecule has 0 amide bonds. The van der Waals surface area contributed by atoms with E-state index < -0.39 is 0 Å². The summed E-state index contributed by atoms with van der Waals surface area (Å²) >= 11 is 0. The number of methoxy groups -OCH3 is 1. The zero-order valence-corrected chi connectivity index (χ0v) is 14.1. The van der Waals surface area contributed by atoms with Crippen molar-refractivity contribution < 1.29 is 28.4 Å². The van der Waals surface area contributed by atoms with Crippen LogP contribution in [0, 0.1) is 5.41 Å². The van der Waals surface area contributed by atoms with Gasteiger partial charge in [-0.3, -0.25) is 0 Å². The molecule has 0 atom stereocenters. The van der Waals surface area contributed by atoms with E-state index in [0.29, 0.717) is 39.6 Å². The molecule has 1 fully saturated rings. The van der Waals surface area contributed by atoms with Crippen molar-refractivity contribution in [1.29, 1.82) is 0 Å². The standard InChI is InChI=1S/C16H32O6/c1-16(14-22-15-16)13-21-6-4-3-5-18-9-10-20-12-11-19-8-7-17-2/h3-15H2,1-2H3. The molecule has 0 N–H and O–H groups in total. The molecule has 1 heterocycles. The van der Waals surface area contributed by atoms with Crippen molar-refractivity contribution >= 4 is 0 Å². The molecule has 0 aromatic heterocycles. The van der Waals surface area contributed by atoms with Crippen LogP contribution in [0.5, 0.6) is 0 Å². The smallest absolute Gasteiger partial charge is 0.0701 e. The van der Waals surface area contributed by atoms with Crippen molar-refractivity contribution in [3.8, 4) is 0 Å². The third-order valence-electron chi connectivity index (χ3n) is 3.35. The lowest BCUT2D eigenvalue weighted by molar-refractivity contribution is -0.138. The van der Waals surface area contributed by atoms with Crippen LogP contribution in [-0.2, 0) is 28.4 Å². The second-order valence-electron chi connectivity index (χ2n) is 5.89. The van der Waals surface area contributed by atoms with Crippen molar-refractivity contribution in [2.75, 3.05) is 79.8 Å². The van der Waals surface area contributed by atoms with Crippen LogP contribution in [-0.4, -0.2) is 79.8 Å². The van der Waals surface area contributed by atoms with Crippen LogP contribution in [0.1, 0.15) is 19.8 Å². The van der Waals surface area contributed by atoms with E-state index in [-0.39, 0.29) is 5.41 Å². The molecule has 0 bridgehead atoms. The lowest BCUT2D eigenvalue weighted by Crippen LogP contribution is -2.43. The molecule has 22 heavy (non-hydrogen) atoms. The second kappa shape index (κ2) is 13.2. The average molecular weight is 320 g/mol. The fourth-order valence-corrected chi connectivity index (χ4v) is 1.94. The third-order valence-corrected chi connectivity index (χ3v) is 3.35. The van der Waals surface area contributed by atoms with E-state index >= 15 is 0 Å². The van der Waals surface area contributed by atoms with Gasteiger partial charge in [-0.15, -0.1) is 0 Å². The molecule has 1 aliphatic rings. The molecule has 6 heteroatoms. The number of unbranched alkanes of at least 4 members (excludes halogenated alkanes) is 1. The molecule has 0 unspecified atom stereocenters. The van der Waals surface area contributed by atoms with Gasteiger partial charge in [0, 0.05) is 25.7 Å². The van der Waals surface area contributed by atoms with Crippen LogP contribution in [0.25, 0.3) is 0 Å². The van der Waals surface area contributed by atoms with Gasteiger partial charge in [-0.05, 0) is 12.8 Å². The van der Waals surface area contributed by atoms with E-state index in [0.717, 1.165) is 45.9 Å². The van der Waals surface area contributed by atoms with E-state index in [1.54, 1.807) is 7.11 Å². The van der Waals surface area contributed by atoms with Gasteiger partial charge in [0.25, 0.3) is 0 Å². The van der Waals surface area contributed by atoms with Crippen molar-refractivity contribution in [2.24, 2.45) is 5.41 Å². The molecule has 0 saturated carbocycles. The predicted octanol–water partition coefficient (Wildman–Crippen LogP) is 1.52. The summed E-state index contributed by atoms with van der Waals surface area (Å²) in [6, 6.07) is 0. The monoisotopic (exact) mass is 320 g/mol. The maximum atomic E-state index is 5.66. The van der Waals surface area contributed by atoms with Crippen molar-refractivity contribution in [3.63, 3.8) is 0 Å². The number of rotatable bonds is 16. The molecule has 0 aromatic carbocycles. The van der Waals surface area contributed by atoms with Gasteiger partial charge in [0.15, 0.2) is 0 Å². The molecular weight excluding hydrogens is 288 g/mol. The Labute approximate surface area is 134 Å². The van der Waals surface area contributed by atoms with Gasteiger partial charge in [0.05, 0.1) is 59.5 Å². The van der Waals surface area contributed by atoms with Crippen LogP contribution in [0.2, 0.25) is 0 Å². The van der Waals surface area contributed by atoms with E-state index in [9.17, 15) is 0 Å². The van der Waals surface area contributed by atoms with Crippen LogP contribution < -0.4 is 0 Å². The fourth-order valence-electron chi connectivity index (χ4n) is 1.94. The van der Waals surface area contributed by atoms with E-state index in [2.05, 4.69) is 6.92 Å². The first kappa shape index (κ1) is 19.8. The van der Waals surface area contributed by atoms with E-state index in [4.69, 9.17) is 28.4 Å². The van der Waals surface area contributed by atoms with Crippen molar-refractivity contribution in [3.05, 3.63) is 0 Å². The molecule has 0 radical (unpaired) electrons. The molecular formula is C16H32O6. The zero-order chi connectivity index (χ0) is 15.9. The highest BCUT2D eigenvalue weighted by atomic mass is 16.6. The summed E-state index contributed by atoms with van der Waals surface area (Å²) in [5.41, 5.74) is 0.251. The first-order valence-electron chi connectivity index (χ1n) is 8.14. The molecule has 0 aliphatic carbocycles. The highest BCUT2D eigenvalue weighted by Crippen LogP contribution is 2.26. The van der Waals surface area contributed by atoms with Crippen LogP contribution in [0.4, 0.5) is 0 Å². The van der Waals surface area contributed by atoms with Gasteiger partial charge in [-0.2, -0.15) is 0 Å². The number of hydrogen-bond donors (Lipinski definition) is 0. The SMILES string of the molecule is COCCOCCOCCOCCCCOCC1(C)COC1. The Hall–Kier alpha value is -0.240. The Morgan fingerprint density at radius 2 is 1.23 bits per heavy atom. The van der Waals surface area contributed by atoms with Crippen LogP contribution in [0.3, 0.4) is 0 Å². The Kier molecular flexibility index (Phi) is 11.9. The van der Waals surface area contributed by atoms with Gasteiger partial charge in [-0.1, -0.05) is 6.92 Å². The van der Waals surface area contributed by atoms with Gasteiger partial charge < -0.3 is 28.4 Å². The molecule has 1 saturated heterocycles. The summed E-state index contributed by atoms with van der Waals surface area (Å²) in [5.74, 6) is 0. The first-order chi connectivity index (χ1) is 10.8. The van der Waals surface area contributed by atoms with Gasteiger partial charge >= 0.3 is 0 Å². The molecule has 6 nitrogen and oxygen atoms in total. The maximum absolute atomic E-state index is 5.66. The lowest BCUT2D eigenvalue weighted by Gasteiger charge is -2.37. The Morgan fingerprint density at radius 1 is 0.727 bits per heavy atom. The van der Waals surface area contributed by atoms with Gasteiger partial charge in [0.2, 0.25) is 0 Å². The minimum absolute atomic E-state index is 0.251. The third kappa shape index (κ3) is 10.5. The fraction of sp³-hybridized carbons (Fsp3) is 1.00. The summed E-state index contributed by atoms with van der Waals surface area (Å²) in [6.07, 6.45) is 2.05.